The van der Waals surface area contributed by atoms with Gasteiger partial charge in [0.2, 0.25) is 11.8 Å². The molecule has 1 spiro atoms. The quantitative estimate of drug-likeness (QED) is 0.762. The van der Waals surface area contributed by atoms with Gasteiger partial charge in [0.1, 0.15) is 11.4 Å². The molecule has 0 N–H and O–H groups in total. The van der Waals surface area contributed by atoms with Crippen LogP contribution in [0.5, 0.6) is 5.75 Å². The molecule has 27 heavy (non-hydrogen) atoms. The first-order valence-electron chi connectivity index (χ1n) is 8.83. The van der Waals surface area contributed by atoms with Crippen LogP contribution in [0.1, 0.15) is 32.1 Å². The summed E-state index contributed by atoms with van der Waals surface area (Å²) in [5, 5.41) is 0. The largest absolute Gasteiger partial charge is 0.429 e. The standard InChI is InChI=1S/C20H18N2O5/c23-13-27-17-7-3-15(4-8-17)22-19(26)10-12-20(22)11-9-18(25)21(20)14-1-5-16(24)6-2-14/h1-5,7-8,13H,6,9-12H2. The molecular formula is C20H18N2O5. The summed E-state index contributed by atoms with van der Waals surface area (Å²) in [6, 6.07) is 6.64. The van der Waals surface area contributed by atoms with Gasteiger partial charge in [0, 0.05) is 30.6 Å². The average Bonchev–Trinajstić information content (AvgIpc) is 3.17. The Bertz CT molecular complexity index is 882. The van der Waals surface area contributed by atoms with Gasteiger partial charge in [-0.25, -0.2) is 0 Å². The number of amides is 2. The van der Waals surface area contributed by atoms with Gasteiger partial charge in [0.15, 0.2) is 5.78 Å². The molecule has 1 aliphatic carbocycles. The third kappa shape index (κ3) is 2.75. The maximum atomic E-state index is 12.7. The maximum Gasteiger partial charge on any atom is 0.298 e. The van der Waals surface area contributed by atoms with Crippen molar-refractivity contribution in [3.63, 3.8) is 0 Å². The molecule has 2 saturated heterocycles. The fourth-order valence-electron chi connectivity index (χ4n) is 4.16. The van der Waals surface area contributed by atoms with Crippen LogP contribution in [0.15, 0.2) is 48.2 Å². The summed E-state index contributed by atoms with van der Waals surface area (Å²) in [5.41, 5.74) is 0.544. The second-order valence-corrected chi connectivity index (χ2v) is 6.78. The summed E-state index contributed by atoms with van der Waals surface area (Å²) >= 11 is 0. The Kier molecular flexibility index (Phi) is 4.14. The molecule has 0 radical (unpaired) electrons. The van der Waals surface area contributed by atoms with Gasteiger partial charge in [-0.05, 0) is 49.3 Å². The van der Waals surface area contributed by atoms with E-state index in [1.165, 1.54) is 6.08 Å². The highest BCUT2D eigenvalue weighted by atomic mass is 16.5. The van der Waals surface area contributed by atoms with Crippen molar-refractivity contribution in [2.75, 3.05) is 4.90 Å². The lowest BCUT2D eigenvalue weighted by Gasteiger charge is -2.43. The van der Waals surface area contributed by atoms with Crippen LogP contribution in [-0.4, -0.2) is 34.6 Å². The summed E-state index contributed by atoms with van der Waals surface area (Å²) in [5.74, 6) is 0.255. The lowest BCUT2D eigenvalue weighted by atomic mass is 10.0. The Hall–Kier alpha value is -3.22. The molecule has 0 saturated carbocycles. The Morgan fingerprint density at radius 3 is 2.19 bits per heavy atom. The van der Waals surface area contributed by atoms with E-state index in [-0.39, 0.29) is 24.0 Å². The molecule has 1 aromatic rings. The van der Waals surface area contributed by atoms with Crippen LogP contribution in [0.25, 0.3) is 0 Å². The lowest BCUT2D eigenvalue weighted by molar-refractivity contribution is -0.129. The second kappa shape index (κ2) is 6.50. The number of ether oxygens (including phenoxy) is 1. The van der Waals surface area contributed by atoms with E-state index in [1.807, 2.05) is 0 Å². The first kappa shape index (κ1) is 17.2. The zero-order valence-corrected chi connectivity index (χ0v) is 14.6. The summed E-state index contributed by atoms with van der Waals surface area (Å²) in [7, 11) is 0. The van der Waals surface area contributed by atoms with Crippen molar-refractivity contribution < 1.29 is 23.9 Å². The predicted molar refractivity (Wildman–Crippen MR) is 95.5 cm³/mol. The Balaban J connectivity index is 1.74. The zero-order valence-electron chi connectivity index (χ0n) is 14.6. The van der Waals surface area contributed by atoms with E-state index < -0.39 is 5.66 Å². The molecule has 3 aliphatic rings. The van der Waals surface area contributed by atoms with Gasteiger partial charge in [-0.15, -0.1) is 0 Å². The third-order valence-electron chi connectivity index (χ3n) is 5.30. The fourth-order valence-corrected chi connectivity index (χ4v) is 4.16. The molecule has 4 rings (SSSR count). The van der Waals surface area contributed by atoms with Crippen LogP contribution in [0.4, 0.5) is 5.69 Å². The van der Waals surface area contributed by atoms with E-state index in [2.05, 4.69) is 0 Å². The zero-order chi connectivity index (χ0) is 19.0. The van der Waals surface area contributed by atoms with Crippen molar-refractivity contribution >= 4 is 29.8 Å². The number of hydrogen-bond acceptors (Lipinski definition) is 5. The summed E-state index contributed by atoms with van der Waals surface area (Å²) in [4.78, 5) is 50.8. The van der Waals surface area contributed by atoms with E-state index >= 15 is 0 Å². The van der Waals surface area contributed by atoms with E-state index in [1.54, 1.807) is 46.2 Å². The number of ketones is 1. The van der Waals surface area contributed by atoms with Crippen LogP contribution in [-0.2, 0) is 19.2 Å². The number of hydrogen-bond donors (Lipinski definition) is 0. The van der Waals surface area contributed by atoms with Crippen molar-refractivity contribution in [1.82, 2.24) is 4.90 Å². The topological polar surface area (TPSA) is 84.0 Å². The van der Waals surface area contributed by atoms with Crippen LogP contribution in [0.3, 0.4) is 0 Å². The molecule has 138 valence electrons. The van der Waals surface area contributed by atoms with Gasteiger partial charge < -0.3 is 4.74 Å². The van der Waals surface area contributed by atoms with Crippen molar-refractivity contribution in [3.05, 3.63) is 48.2 Å². The van der Waals surface area contributed by atoms with Gasteiger partial charge in [-0.3, -0.25) is 29.0 Å². The molecule has 2 fully saturated rings. The number of rotatable bonds is 4. The molecular weight excluding hydrogens is 348 g/mol. The van der Waals surface area contributed by atoms with E-state index in [0.717, 1.165) is 0 Å². The molecule has 2 heterocycles. The minimum Gasteiger partial charge on any atom is -0.429 e. The molecule has 0 aromatic heterocycles. The molecule has 2 amide bonds. The number of allylic oxidation sites excluding steroid dienone is 3. The maximum absolute atomic E-state index is 12.7. The second-order valence-electron chi connectivity index (χ2n) is 6.78. The number of likely N-dealkylation sites (tertiary alicyclic amines) is 1. The molecule has 7 heteroatoms. The van der Waals surface area contributed by atoms with E-state index in [0.29, 0.717) is 49.3 Å². The van der Waals surface area contributed by atoms with Crippen molar-refractivity contribution in [1.29, 1.82) is 0 Å². The number of carbonyl (C=O) groups is 4. The molecule has 1 unspecified atom stereocenters. The lowest BCUT2D eigenvalue weighted by Crippen LogP contribution is -2.55. The number of carbonyl (C=O) groups excluding carboxylic acids is 4. The molecule has 1 aromatic carbocycles. The SMILES string of the molecule is O=COc1ccc(N2C(=O)CCC23CCC(=O)N3C2=CCC(=O)C=C2)cc1. The highest BCUT2D eigenvalue weighted by Gasteiger charge is 2.56. The Morgan fingerprint density at radius 2 is 1.59 bits per heavy atom. The number of benzene rings is 1. The van der Waals surface area contributed by atoms with Gasteiger partial charge in [-0.1, -0.05) is 6.08 Å². The molecule has 2 aliphatic heterocycles. The van der Waals surface area contributed by atoms with Crippen molar-refractivity contribution in [2.45, 2.75) is 37.8 Å². The highest BCUT2D eigenvalue weighted by molar-refractivity contribution is 6.00. The minimum atomic E-state index is -0.766. The summed E-state index contributed by atoms with van der Waals surface area (Å²) < 4.78 is 4.81. The predicted octanol–water partition coefficient (Wildman–Crippen LogP) is 2.08. The van der Waals surface area contributed by atoms with Crippen molar-refractivity contribution in [3.8, 4) is 5.75 Å². The molecule has 0 bridgehead atoms. The van der Waals surface area contributed by atoms with Crippen molar-refractivity contribution in [2.24, 2.45) is 0 Å². The Labute approximate surface area is 155 Å². The first-order chi connectivity index (χ1) is 13.0. The summed E-state index contributed by atoms with van der Waals surface area (Å²) in [6.07, 6.45) is 6.86. The summed E-state index contributed by atoms with van der Waals surface area (Å²) in [6.45, 7) is 0.345. The first-order valence-corrected chi connectivity index (χ1v) is 8.83. The normalized spacial score (nSPS) is 24.7. The number of anilines is 1. The Morgan fingerprint density at radius 1 is 0.926 bits per heavy atom. The van der Waals surface area contributed by atoms with Crippen LogP contribution in [0.2, 0.25) is 0 Å². The third-order valence-corrected chi connectivity index (χ3v) is 5.30. The van der Waals surface area contributed by atoms with Gasteiger partial charge in [0.25, 0.3) is 6.47 Å². The van der Waals surface area contributed by atoms with Gasteiger partial charge in [-0.2, -0.15) is 0 Å². The average molecular weight is 366 g/mol. The fraction of sp³-hybridized carbons (Fsp3) is 0.300. The van der Waals surface area contributed by atoms with Crippen LogP contribution < -0.4 is 9.64 Å². The smallest absolute Gasteiger partial charge is 0.298 e. The van der Waals surface area contributed by atoms with Crippen LogP contribution >= 0.6 is 0 Å². The highest BCUT2D eigenvalue weighted by Crippen LogP contribution is 2.47. The van der Waals surface area contributed by atoms with Crippen LogP contribution in [0, 0.1) is 0 Å². The molecule has 7 nitrogen and oxygen atoms in total. The van der Waals surface area contributed by atoms with Gasteiger partial charge in [0.05, 0.1) is 0 Å². The molecule has 1 atom stereocenters. The monoisotopic (exact) mass is 366 g/mol. The van der Waals surface area contributed by atoms with E-state index in [4.69, 9.17) is 4.74 Å². The minimum absolute atomic E-state index is 0.00966. The van der Waals surface area contributed by atoms with E-state index in [9.17, 15) is 19.2 Å². The number of nitrogens with zero attached hydrogens (tertiary/aromatic N) is 2. The van der Waals surface area contributed by atoms with Gasteiger partial charge >= 0.3 is 0 Å².